The molecule has 1 heterocycles. The van der Waals surface area contributed by atoms with Crippen LogP contribution in [-0.2, 0) is 9.53 Å². The lowest BCUT2D eigenvalue weighted by Crippen LogP contribution is -2.53. The molecule has 2 aromatic rings. The second-order valence-corrected chi connectivity index (χ2v) is 7.14. The molecule has 2 aromatic carbocycles. The fourth-order valence-corrected chi connectivity index (χ4v) is 3.34. The van der Waals surface area contributed by atoms with Gasteiger partial charge >= 0.3 is 6.03 Å². The number of hydrogen-bond donors (Lipinski definition) is 2. The molecule has 1 fully saturated rings. The van der Waals surface area contributed by atoms with Gasteiger partial charge in [-0.2, -0.15) is 0 Å². The average Bonchev–Trinajstić information content (AvgIpc) is 2.77. The summed E-state index contributed by atoms with van der Waals surface area (Å²) in [6.07, 6.45) is -0.202. The molecule has 0 spiro atoms. The summed E-state index contributed by atoms with van der Waals surface area (Å²) >= 11 is 0. The summed E-state index contributed by atoms with van der Waals surface area (Å²) in [4.78, 5) is 28.4. The van der Waals surface area contributed by atoms with Gasteiger partial charge in [0, 0.05) is 45.5 Å². The van der Waals surface area contributed by atoms with Gasteiger partial charge in [-0.3, -0.25) is 9.69 Å². The first kappa shape index (κ1) is 21.7. The zero-order chi connectivity index (χ0) is 21.3. The van der Waals surface area contributed by atoms with Gasteiger partial charge < -0.3 is 20.3 Å². The highest BCUT2D eigenvalue weighted by Gasteiger charge is 2.23. The maximum absolute atomic E-state index is 12.9. The van der Waals surface area contributed by atoms with Gasteiger partial charge in [0.2, 0.25) is 5.91 Å². The number of rotatable bonds is 7. The predicted molar refractivity (Wildman–Crippen MR) is 113 cm³/mol. The van der Waals surface area contributed by atoms with Crippen LogP contribution in [-0.4, -0.2) is 68.1 Å². The molecule has 1 saturated heterocycles. The molecule has 30 heavy (non-hydrogen) atoms. The lowest BCUT2D eigenvalue weighted by atomic mass is 10.1. The molecule has 3 rings (SSSR count). The first-order chi connectivity index (χ1) is 14.5. The van der Waals surface area contributed by atoms with Crippen molar-refractivity contribution in [1.82, 2.24) is 15.1 Å². The number of nitrogens with zero attached hydrogens (tertiary/aromatic N) is 2. The molecule has 1 atom stereocenters. The standard InChI is InChI=1S/C22H27FN4O3/c1-30-20(17-5-3-2-4-6-17)15-24-22(29)27-13-11-26(12-14-27)16-21(28)25-19-9-7-18(23)8-10-19/h2-10,20H,11-16H2,1H3,(H,24,29)(H,25,28). The van der Waals surface area contributed by atoms with Crippen LogP contribution in [0.3, 0.4) is 0 Å². The van der Waals surface area contributed by atoms with E-state index in [0.717, 1.165) is 5.56 Å². The fourth-order valence-electron chi connectivity index (χ4n) is 3.34. The molecule has 0 saturated carbocycles. The zero-order valence-corrected chi connectivity index (χ0v) is 17.0. The summed E-state index contributed by atoms with van der Waals surface area (Å²) in [5.41, 5.74) is 1.57. The van der Waals surface area contributed by atoms with Gasteiger partial charge in [0.25, 0.3) is 0 Å². The first-order valence-corrected chi connectivity index (χ1v) is 9.93. The monoisotopic (exact) mass is 414 g/mol. The number of piperazine rings is 1. The summed E-state index contributed by atoms with van der Waals surface area (Å²) in [5, 5.41) is 5.68. The van der Waals surface area contributed by atoms with E-state index in [0.29, 0.717) is 38.4 Å². The van der Waals surface area contributed by atoms with Gasteiger partial charge in [-0.15, -0.1) is 0 Å². The van der Waals surface area contributed by atoms with Crippen LogP contribution in [0.15, 0.2) is 54.6 Å². The summed E-state index contributed by atoms with van der Waals surface area (Å²) in [7, 11) is 1.62. The van der Waals surface area contributed by atoms with E-state index in [1.807, 2.05) is 35.2 Å². The summed E-state index contributed by atoms with van der Waals surface area (Å²) in [6, 6.07) is 15.3. The molecule has 0 aliphatic carbocycles. The maximum atomic E-state index is 12.9. The molecule has 1 unspecified atom stereocenters. The van der Waals surface area contributed by atoms with Crippen molar-refractivity contribution in [3.05, 3.63) is 66.0 Å². The van der Waals surface area contributed by atoms with E-state index >= 15 is 0 Å². The molecule has 1 aliphatic rings. The second-order valence-electron chi connectivity index (χ2n) is 7.14. The van der Waals surface area contributed by atoms with E-state index in [1.165, 1.54) is 24.3 Å². The summed E-state index contributed by atoms with van der Waals surface area (Å²) in [6.45, 7) is 2.91. The highest BCUT2D eigenvalue weighted by atomic mass is 19.1. The molecule has 8 heteroatoms. The Balaban J connectivity index is 1.39. The van der Waals surface area contributed by atoms with Gasteiger partial charge in [-0.25, -0.2) is 9.18 Å². The number of benzene rings is 2. The van der Waals surface area contributed by atoms with Crippen molar-refractivity contribution in [3.8, 4) is 0 Å². The van der Waals surface area contributed by atoms with Gasteiger partial charge in [-0.05, 0) is 29.8 Å². The number of carbonyl (C=O) groups excluding carboxylic acids is 2. The average molecular weight is 414 g/mol. The van der Waals surface area contributed by atoms with Crippen molar-refractivity contribution in [2.45, 2.75) is 6.10 Å². The number of urea groups is 1. The van der Waals surface area contributed by atoms with Crippen LogP contribution in [0.1, 0.15) is 11.7 Å². The Kier molecular flexibility index (Phi) is 7.75. The van der Waals surface area contributed by atoms with Crippen LogP contribution >= 0.6 is 0 Å². The van der Waals surface area contributed by atoms with Crippen LogP contribution in [0.4, 0.5) is 14.9 Å². The zero-order valence-electron chi connectivity index (χ0n) is 17.0. The third-order valence-electron chi connectivity index (χ3n) is 5.05. The lowest BCUT2D eigenvalue weighted by molar-refractivity contribution is -0.117. The number of nitrogens with one attached hydrogen (secondary N) is 2. The highest BCUT2D eigenvalue weighted by molar-refractivity contribution is 5.92. The van der Waals surface area contributed by atoms with Gasteiger partial charge in [0.05, 0.1) is 12.6 Å². The Hall–Kier alpha value is -2.97. The molecule has 160 valence electrons. The van der Waals surface area contributed by atoms with Crippen LogP contribution < -0.4 is 10.6 Å². The smallest absolute Gasteiger partial charge is 0.317 e. The molecular formula is C22H27FN4O3. The van der Waals surface area contributed by atoms with Crippen LogP contribution in [0, 0.1) is 5.82 Å². The van der Waals surface area contributed by atoms with E-state index in [-0.39, 0.29) is 30.4 Å². The molecule has 2 N–H and O–H groups in total. The van der Waals surface area contributed by atoms with Crippen LogP contribution in [0.25, 0.3) is 0 Å². The second kappa shape index (κ2) is 10.7. The number of ether oxygens (including phenoxy) is 1. The Labute approximate surface area is 175 Å². The Morgan fingerprint density at radius 2 is 1.70 bits per heavy atom. The van der Waals surface area contributed by atoms with E-state index in [1.54, 1.807) is 12.0 Å². The lowest BCUT2D eigenvalue weighted by Gasteiger charge is -2.34. The Morgan fingerprint density at radius 3 is 2.33 bits per heavy atom. The summed E-state index contributed by atoms with van der Waals surface area (Å²) < 4.78 is 18.4. The van der Waals surface area contributed by atoms with E-state index in [4.69, 9.17) is 4.74 Å². The topological polar surface area (TPSA) is 73.9 Å². The number of amides is 3. The third kappa shape index (κ3) is 6.27. The molecular weight excluding hydrogens is 387 g/mol. The minimum Gasteiger partial charge on any atom is -0.375 e. The minimum atomic E-state index is -0.344. The van der Waals surface area contributed by atoms with Crippen molar-refractivity contribution >= 4 is 17.6 Å². The van der Waals surface area contributed by atoms with Gasteiger partial charge in [0.1, 0.15) is 5.82 Å². The first-order valence-electron chi connectivity index (χ1n) is 9.93. The summed E-state index contributed by atoms with van der Waals surface area (Å²) in [5.74, 6) is -0.506. The molecule has 3 amide bonds. The van der Waals surface area contributed by atoms with Gasteiger partial charge in [0.15, 0.2) is 0 Å². The molecule has 1 aliphatic heterocycles. The van der Waals surface area contributed by atoms with E-state index < -0.39 is 0 Å². The Bertz CT molecular complexity index is 824. The van der Waals surface area contributed by atoms with E-state index in [9.17, 15) is 14.0 Å². The van der Waals surface area contributed by atoms with Crippen molar-refractivity contribution in [3.63, 3.8) is 0 Å². The number of methoxy groups -OCH3 is 1. The van der Waals surface area contributed by atoms with Crippen molar-refractivity contribution in [2.75, 3.05) is 51.7 Å². The quantitative estimate of drug-likeness (QED) is 0.730. The van der Waals surface area contributed by atoms with E-state index in [2.05, 4.69) is 10.6 Å². The fraction of sp³-hybridized carbons (Fsp3) is 0.364. The molecule has 0 radical (unpaired) electrons. The highest BCUT2D eigenvalue weighted by Crippen LogP contribution is 2.15. The predicted octanol–water partition coefficient (Wildman–Crippen LogP) is 2.48. The third-order valence-corrected chi connectivity index (χ3v) is 5.05. The van der Waals surface area contributed by atoms with Crippen LogP contribution in [0.2, 0.25) is 0 Å². The normalized spacial score (nSPS) is 15.5. The molecule has 0 bridgehead atoms. The SMILES string of the molecule is COC(CNC(=O)N1CCN(CC(=O)Nc2ccc(F)cc2)CC1)c1ccccc1. The maximum Gasteiger partial charge on any atom is 0.317 e. The minimum absolute atomic E-state index is 0.136. The number of carbonyl (C=O) groups is 2. The number of halogens is 1. The van der Waals surface area contributed by atoms with Gasteiger partial charge in [-0.1, -0.05) is 30.3 Å². The molecule has 7 nitrogen and oxygen atoms in total. The van der Waals surface area contributed by atoms with Crippen molar-refractivity contribution in [1.29, 1.82) is 0 Å². The molecule has 0 aromatic heterocycles. The van der Waals surface area contributed by atoms with Crippen molar-refractivity contribution < 1.29 is 18.7 Å². The van der Waals surface area contributed by atoms with Crippen molar-refractivity contribution in [2.24, 2.45) is 0 Å². The van der Waals surface area contributed by atoms with Crippen LogP contribution in [0.5, 0.6) is 0 Å². The Morgan fingerprint density at radius 1 is 1.03 bits per heavy atom. The number of hydrogen-bond acceptors (Lipinski definition) is 4. The largest absolute Gasteiger partial charge is 0.375 e. The number of anilines is 1.